The summed E-state index contributed by atoms with van der Waals surface area (Å²) in [6, 6.07) is 5.38. The number of rotatable bonds is 7. The van der Waals surface area contributed by atoms with Crippen LogP contribution in [-0.2, 0) is 14.8 Å². The van der Waals surface area contributed by atoms with Crippen molar-refractivity contribution in [3.05, 3.63) is 36.2 Å². The van der Waals surface area contributed by atoms with Crippen LogP contribution in [0.2, 0.25) is 0 Å². The summed E-state index contributed by atoms with van der Waals surface area (Å²) in [6.07, 6.45) is 4.63. The van der Waals surface area contributed by atoms with Gasteiger partial charge in [0.15, 0.2) is 0 Å². The first-order valence-electron chi connectivity index (χ1n) is 7.47. The van der Waals surface area contributed by atoms with Crippen LogP contribution in [0.4, 0.5) is 5.69 Å². The first-order chi connectivity index (χ1) is 11.3. The number of hydrogen-bond acceptors (Lipinski definition) is 5. The minimum atomic E-state index is -3.30. The summed E-state index contributed by atoms with van der Waals surface area (Å²) in [5, 5.41) is 0. The minimum Gasteiger partial charge on any atom is -0.491 e. The molecule has 2 rings (SSSR count). The van der Waals surface area contributed by atoms with E-state index in [1.807, 2.05) is 20.8 Å². The fraction of sp³-hybridized carbons (Fsp3) is 0.312. The number of hydrogen-bond donors (Lipinski definition) is 1. The quantitative estimate of drug-likeness (QED) is 0.589. The maximum Gasteiger partial charge on any atom is 0.229 e. The van der Waals surface area contributed by atoms with Crippen molar-refractivity contribution in [1.82, 2.24) is 4.98 Å². The highest BCUT2D eigenvalue weighted by Crippen LogP contribution is 2.31. The second-order valence-electron chi connectivity index (χ2n) is 5.58. The van der Waals surface area contributed by atoms with E-state index < -0.39 is 10.0 Å². The van der Waals surface area contributed by atoms with Crippen molar-refractivity contribution < 1.29 is 17.9 Å². The summed E-state index contributed by atoms with van der Waals surface area (Å²) >= 11 is 0. The van der Waals surface area contributed by atoms with Gasteiger partial charge in [0.2, 0.25) is 10.0 Å². The predicted octanol–water partition coefficient (Wildman–Crippen LogP) is 0.712. The van der Waals surface area contributed by atoms with Crippen molar-refractivity contribution in [2.24, 2.45) is 0 Å². The third kappa shape index (κ3) is 4.72. The van der Waals surface area contributed by atoms with Crippen molar-refractivity contribution in [2.75, 3.05) is 31.3 Å². The van der Waals surface area contributed by atoms with Gasteiger partial charge in [-0.3, -0.25) is 9.71 Å². The van der Waals surface area contributed by atoms with E-state index in [-0.39, 0.29) is 0 Å². The highest BCUT2D eigenvalue weighted by atomic mass is 32.2. The number of aromatic nitrogens is 1. The van der Waals surface area contributed by atoms with Crippen LogP contribution < -0.4 is 14.9 Å². The van der Waals surface area contributed by atoms with E-state index in [9.17, 15) is 8.42 Å². The molecule has 24 heavy (non-hydrogen) atoms. The van der Waals surface area contributed by atoms with Gasteiger partial charge >= 0.3 is 0 Å². The molecule has 0 aliphatic rings. The van der Waals surface area contributed by atoms with Gasteiger partial charge in [-0.15, -0.1) is 0 Å². The van der Waals surface area contributed by atoms with Crippen LogP contribution in [0.3, 0.4) is 0 Å². The van der Waals surface area contributed by atoms with Gasteiger partial charge in [-0.05, 0) is 35.6 Å². The van der Waals surface area contributed by atoms with Crippen LogP contribution in [0, 0.1) is 6.92 Å². The zero-order valence-electron chi connectivity index (χ0n) is 14.3. The minimum absolute atomic E-state index is 0.446. The summed E-state index contributed by atoms with van der Waals surface area (Å²) in [7, 11) is 0.262. The molecule has 1 aromatic heterocycles. The van der Waals surface area contributed by atoms with Crippen molar-refractivity contribution in [3.63, 3.8) is 0 Å². The maximum absolute atomic E-state index is 11.4. The smallest absolute Gasteiger partial charge is 0.229 e. The third-order valence-electron chi connectivity index (χ3n) is 3.43. The van der Waals surface area contributed by atoms with E-state index in [1.165, 1.54) is 0 Å². The van der Waals surface area contributed by atoms with Crippen molar-refractivity contribution in [2.45, 2.75) is 6.92 Å². The number of pyridine rings is 1. The lowest BCUT2D eigenvalue weighted by atomic mass is 9.91. The molecule has 0 amide bonds. The molecule has 1 N–H and O–H groups in total. The van der Waals surface area contributed by atoms with Gasteiger partial charge in [0.1, 0.15) is 20.2 Å². The monoisotopic (exact) mass is 348 g/mol. The van der Waals surface area contributed by atoms with Crippen molar-refractivity contribution >= 4 is 29.0 Å². The molecule has 1 aromatic carbocycles. The molecule has 6 nitrogen and oxygen atoms in total. The van der Waals surface area contributed by atoms with E-state index in [2.05, 4.69) is 9.71 Å². The Morgan fingerprint density at radius 2 is 1.96 bits per heavy atom. The molecule has 0 aliphatic heterocycles. The molecular weight excluding hydrogens is 327 g/mol. The summed E-state index contributed by atoms with van der Waals surface area (Å²) in [4.78, 5) is 4.25. The normalized spacial score (nSPS) is 11.3. The number of nitrogens with zero attached hydrogens (tertiary/aromatic N) is 1. The molecular formula is C16H21BN2O4S. The summed E-state index contributed by atoms with van der Waals surface area (Å²) < 4.78 is 36.1. The van der Waals surface area contributed by atoms with Crippen molar-refractivity contribution in [1.29, 1.82) is 0 Å². The Kier molecular flexibility index (Phi) is 5.85. The molecule has 0 atom stereocenters. The zero-order chi connectivity index (χ0) is 17.7. The Balaban J connectivity index is 2.39. The number of anilines is 1. The lowest BCUT2D eigenvalue weighted by Gasteiger charge is -2.16. The topological polar surface area (TPSA) is 77.5 Å². The van der Waals surface area contributed by atoms with E-state index in [1.54, 1.807) is 31.6 Å². The first kappa shape index (κ1) is 18.3. The molecule has 0 bridgehead atoms. The molecule has 0 saturated heterocycles. The van der Waals surface area contributed by atoms with Crippen LogP contribution in [0.25, 0.3) is 11.1 Å². The van der Waals surface area contributed by atoms with E-state index in [0.29, 0.717) is 18.9 Å². The Labute approximate surface area is 143 Å². The number of benzene rings is 1. The molecule has 1 heterocycles. The van der Waals surface area contributed by atoms with Gasteiger partial charge < -0.3 is 9.47 Å². The lowest BCUT2D eigenvalue weighted by Crippen LogP contribution is -2.15. The number of ether oxygens (including phenoxy) is 2. The molecule has 0 aliphatic carbocycles. The lowest BCUT2D eigenvalue weighted by molar-refractivity contribution is 0.147. The molecule has 8 heteroatoms. The second kappa shape index (κ2) is 7.68. The first-order valence-corrected chi connectivity index (χ1v) is 9.36. The van der Waals surface area contributed by atoms with Gasteiger partial charge in [-0.2, -0.15) is 0 Å². The molecule has 0 saturated carbocycles. The number of nitrogens with one attached hydrogen (secondary N) is 1. The Hall–Kier alpha value is -2.06. The molecule has 0 fully saturated rings. The van der Waals surface area contributed by atoms with Crippen LogP contribution in [0.5, 0.6) is 5.75 Å². The standard InChI is InChI=1S/C16H21BN2O4S/c1-11-8-12(19-24(3,20)21)4-5-13(11)14-9-18-10-15(17)16(14)23-7-6-22-2/h4-5,8-10,19H,6-7,17H2,1-3H3. The summed E-state index contributed by atoms with van der Waals surface area (Å²) in [5.74, 6) is 0.758. The average molecular weight is 348 g/mol. The van der Waals surface area contributed by atoms with Crippen LogP contribution in [0.1, 0.15) is 5.56 Å². The van der Waals surface area contributed by atoms with Gasteiger partial charge in [0.25, 0.3) is 0 Å². The Morgan fingerprint density at radius 3 is 2.58 bits per heavy atom. The molecule has 0 unspecified atom stereocenters. The SMILES string of the molecule is Bc1cncc(-c2ccc(NS(C)(=O)=O)cc2C)c1OCCOC. The average Bonchev–Trinajstić information content (AvgIpc) is 2.48. The van der Waals surface area contributed by atoms with Crippen LogP contribution in [-0.4, -0.2) is 47.8 Å². The highest BCUT2D eigenvalue weighted by Gasteiger charge is 2.13. The Bertz CT molecular complexity index is 825. The second-order valence-corrected chi connectivity index (χ2v) is 7.33. The van der Waals surface area contributed by atoms with Crippen molar-refractivity contribution in [3.8, 4) is 16.9 Å². The van der Waals surface area contributed by atoms with Gasteiger partial charge in [0, 0.05) is 30.8 Å². The number of methoxy groups -OCH3 is 1. The predicted molar refractivity (Wildman–Crippen MR) is 98.4 cm³/mol. The Morgan fingerprint density at radius 1 is 1.21 bits per heavy atom. The molecule has 128 valence electrons. The highest BCUT2D eigenvalue weighted by molar-refractivity contribution is 7.92. The number of aryl methyl sites for hydroxylation is 1. The van der Waals surface area contributed by atoms with E-state index >= 15 is 0 Å². The molecule has 2 aromatic rings. The van der Waals surface area contributed by atoms with E-state index in [0.717, 1.165) is 34.2 Å². The number of sulfonamides is 1. The fourth-order valence-corrected chi connectivity index (χ4v) is 2.96. The van der Waals surface area contributed by atoms with Gasteiger partial charge in [-0.25, -0.2) is 8.42 Å². The largest absolute Gasteiger partial charge is 0.491 e. The maximum atomic E-state index is 11.4. The zero-order valence-corrected chi connectivity index (χ0v) is 15.1. The third-order valence-corrected chi connectivity index (χ3v) is 4.03. The summed E-state index contributed by atoms with van der Waals surface area (Å²) in [5.41, 5.74) is 4.20. The van der Waals surface area contributed by atoms with Gasteiger partial charge in [0.05, 0.1) is 12.9 Å². The van der Waals surface area contributed by atoms with Crippen LogP contribution >= 0.6 is 0 Å². The molecule has 0 radical (unpaired) electrons. The van der Waals surface area contributed by atoms with Crippen LogP contribution in [0.15, 0.2) is 30.6 Å². The molecule has 0 spiro atoms. The summed E-state index contributed by atoms with van der Waals surface area (Å²) in [6.45, 7) is 2.86. The fourth-order valence-electron chi connectivity index (χ4n) is 2.41. The van der Waals surface area contributed by atoms with Gasteiger partial charge in [-0.1, -0.05) is 6.07 Å². The van der Waals surface area contributed by atoms with E-state index in [4.69, 9.17) is 9.47 Å².